The SMILES string of the molecule is C[C@H]1Oc2ccc(NC(=O)c3cccc(S(=O)(=O)NC[C@H]4CCCO4)c3)cc2NC1=O. The molecule has 2 aliphatic heterocycles. The Morgan fingerprint density at radius 3 is 2.84 bits per heavy atom. The minimum atomic E-state index is -3.77. The van der Waals surface area contributed by atoms with Crippen molar-refractivity contribution in [2.75, 3.05) is 23.8 Å². The number of hydrogen-bond acceptors (Lipinski definition) is 6. The molecule has 0 spiro atoms. The molecule has 1 fully saturated rings. The predicted molar refractivity (Wildman–Crippen MR) is 114 cm³/mol. The summed E-state index contributed by atoms with van der Waals surface area (Å²) in [6.07, 6.45) is 1.01. The molecule has 2 aliphatic rings. The Morgan fingerprint density at radius 1 is 1.23 bits per heavy atom. The third-order valence-corrected chi connectivity index (χ3v) is 6.52. The molecule has 2 aromatic carbocycles. The van der Waals surface area contributed by atoms with E-state index in [9.17, 15) is 18.0 Å². The molecule has 31 heavy (non-hydrogen) atoms. The predicted octanol–water partition coefficient (Wildman–Crippen LogP) is 2.12. The fourth-order valence-corrected chi connectivity index (χ4v) is 4.50. The maximum Gasteiger partial charge on any atom is 0.265 e. The molecule has 2 amide bonds. The zero-order chi connectivity index (χ0) is 22.0. The van der Waals surface area contributed by atoms with E-state index in [1.807, 2.05) is 0 Å². The van der Waals surface area contributed by atoms with E-state index in [1.165, 1.54) is 24.3 Å². The highest BCUT2D eigenvalue weighted by Crippen LogP contribution is 2.32. The number of carbonyl (C=O) groups excluding carboxylic acids is 2. The van der Waals surface area contributed by atoms with Crippen molar-refractivity contribution < 1.29 is 27.5 Å². The Balaban J connectivity index is 1.46. The van der Waals surface area contributed by atoms with Crippen molar-refractivity contribution in [1.82, 2.24) is 4.72 Å². The molecule has 2 aromatic rings. The second kappa shape index (κ2) is 8.66. The number of hydrogen-bond donors (Lipinski definition) is 3. The number of ether oxygens (including phenoxy) is 2. The number of sulfonamides is 1. The number of carbonyl (C=O) groups is 2. The Kier molecular flexibility index (Phi) is 5.94. The van der Waals surface area contributed by atoms with E-state index in [-0.39, 0.29) is 29.0 Å². The van der Waals surface area contributed by atoms with Crippen molar-refractivity contribution in [3.8, 4) is 5.75 Å². The van der Waals surface area contributed by atoms with E-state index in [0.29, 0.717) is 23.7 Å². The van der Waals surface area contributed by atoms with Crippen LogP contribution in [0.15, 0.2) is 47.4 Å². The van der Waals surface area contributed by atoms with Gasteiger partial charge in [0.1, 0.15) is 5.75 Å². The van der Waals surface area contributed by atoms with Crippen LogP contribution in [0.1, 0.15) is 30.1 Å². The van der Waals surface area contributed by atoms with Crippen LogP contribution in [0.4, 0.5) is 11.4 Å². The first-order chi connectivity index (χ1) is 14.8. The van der Waals surface area contributed by atoms with Gasteiger partial charge in [0.15, 0.2) is 6.10 Å². The highest BCUT2D eigenvalue weighted by atomic mass is 32.2. The van der Waals surface area contributed by atoms with Crippen molar-refractivity contribution in [2.45, 2.75) is 36.9 Å². The summed E-state index contributed by atoms with van der Waals surface area (Å²) >= 11 is 0. The lowest BCUT2D eigenvalue weighted by Gasteiger charge is -2.23. The summed E-state index contributed by atoms with van der Waals surface area (Å²) in [4.78, 5) is 24.5. The van der Waals surface area contributed by atoms with Gasteiger partial charge < -0.3 is 20.1 Å². The average molecular weight is 445 g/mol. The quantitative estimate of drug-likeness (QED) is 0.626. The molecule has 0 saturated carbocycles. The molecular formula is C21H23N3O6S. The first-order valence-corrected chi connectivity index (χ1v) is 11.4. The van der Waals surface area contributed by atoms with Crippen LogP contribution in [0.25, 0.3) is 0 Å². The topological polar surface area (TPSA) is 123 Å². The Labute approximate surface area is 180 Å². The fourth-order valence-electron chi connectivity index (χ4n) is 3.39. The molecule has 9 nitrogen and oxygen atoms in total. The van der Waals surface area contributed by atoms with Crippen molar-refractivity contribution in [3.63, 3.8) is 0 Å². The summed E-state index contributed by atoms with van der Waals surface area (Å²) in [6.45, 7) is 2.48. The summed E-state index contributed by atoms with van der Waals surface area (Å²) in [5.74, 6) is -0.243. The van der Waals surface area contributed by atoms with Crippen LogP contribution in [0.5, 0.6) is 5.75 Å². The molecule has 0 aliphatic carbocycles. The second-order valence-corrected chi connectivity index (χ2v) is 9.20. The zero-order valence-corrected chi connectivity index (χ0v) is 17.7. The number of benzene rings is 2. The number of anilines is 2. The number of fused-ring (bicyclic) bond motifs is 1. The number of amides is 2. The summed E-state index contributed by atoms with van der Waals surface area (Å²) in [6, 6.07) is 10.7. The molecule has 2 atom stereocenters. The monoisotopic (exact) mass is 445 g/mol. The first kappa shape index (κ1) is 21.3. The van der Waals surface area contributed by atoms with Gasteiger partial charge in [-0.2, -0.15) is 0 Å². The van der Waals surface area contributed by atoms with Gasteiger partial charge in [0.05, 0.1) is 16.7 Å². The highest BCUT2D eigenvalue weighted by molar-refractivity contribution is 7.89. The van der Waals surface area contributed by atoms with Gasteiger partial charge in [0.2, 0.25) is 10.0 Å². The molecular weight excluding hydrogens is 422 g/mol. The lowest BCUT2D eigenvalue weighted by molar-refractivity contribution is -0.122. The Morgan fingerprint density at radius 2 is 2.06 bits per heavy atom. The van der Waals surface area contributed by atoms with E-state index in [2.05, 4.69) is 15.4 Å². The molecule has 0 unspecified atom stereocenters. The van der Waals surface area contributed by atoms with E-state index in [1.54, 1.807) is 25.1 Å². The lowest BCUT2D eigenvalue weighted by atomic mass is 10.2. The van der Waals surface area contributed by atoms with Crippen LogP contribution in [-0.2, 0) is 19.6 Å². The van der Waals surface area contributed by atoms with Crippen molar-refractivity contribution in [2.24, 2.45) is 0 Å². The van der Waals surface area contributed by atoms with Crippen LogP contribution in [0.3, 0.4) is 0 Å². The zero-order valence-electron chi connectivity index (χ0n) is 16.9. The van der Waals surface area contributed by atoms with Gasteiger partial charge in [-0.25, -0.2) is 13.1 Å². The lowest BCUT2D eigenvalue weighted by Crippen LogP contribution is -2.34. The number of rotatable bonds is 6. The van der Waals surface area contributed by atoms with E-state index in [0.717, 1.165) is 12.8 Å². The third-order valence-electron chi connectivity index (χ3n) is 5.10. The smallest absolute Gasteiger partial charge is 0.265 e. The van der Waals surface area contributed by atoms with Gasteiger partial charge in [-0.1, -0.05) is 6.07 Å². The Bertz CT molecular complexity index is 1110. The van der Waals surface area contributed by atoms with Gasteiger partial charge in [-0.15, -0.1) is 0 Å². The molecule has 3 N–H and O–H groups in total. The summed E-state index contributed by atoms with van der Waals surface area (Å²) in [7, 11) is -3.77. The molecule has 4 rings (SSSR count). The molecule has 2 heterocycles. The summed E-state index contributed by atoms with van der Waals surface area (Å²) in [5.41, 5.74) is 1.08. The third kappa shape index (κ3) is 4.87. The summed E-state index contributed by atoms with van der Waals surface area (Å²) < 4.78 is 38.6. The van der Waals surface area contributed by atoms with E-state index < -0.39 is 22.0 Å². The average Bonchev–Trinajstić information content (AvgIpc) is 3.27. The van der Waals surface area contributed by atoms with E-state index >= 15 is 0 Å². The van der Waals surface area contributed by atoms with Gasteiger partial charge in [0.25, 0.3) is 11.8 Å². The minimum Gasteiger partial charge on any atom is -0.479 e. The minimum absolute atomic E-state index is 0.00163. The van der Waals surface area contributed by atoms with Gasteiger partial charge in [0, 0.05) is 24.4 Å². The fraction of sp³-hybridized carbons (Fsp3) is 0.333. The first-order valence-electron chi connectivity index (χ1n) is 9.96. The van der Waals surface area contributed by atoms with Crippen LogP contribution in [-0.4, -0.2) is 45.6 Å². The van der Waals surface area contributed by atoms with Crippen molar-refractivity contribution >= 4 is 33.2 Å². The van der Waals surface area contributed by atoms with Crippen molar-refractivity contribution in [3.05, 3.63) is 48.0 Å². The van der Waals surface area contributed by atoms with Gasteiger partial charge in [-0.05, 0) is 56.2 Å². The normalized spacial score (nSPS) is 20.5. The molecule has 1 saturated heterocycles. The van der Waals surface area contributed by atoms with Gasteiger partial charge in [-0.3, -0.25) is 9.59 Å². The second-order valence-electron chi connectivity index (χ2n) is 7.43. The largest absolute Gasteiger partial charge is 0.479 e. The van der Waals surface area contributed by atoms with Crippen LogP contribution < -0.4 is 20.1 Å². The van der Waals surface area contributed by atoms with Crippen LogP contribution in [0, 0.1) is 0 Å². The maximum absolute atomic E-state index is 12.7. The molecule has 164 valence electrons. The molecule has 0 radical (unpaired) electrons. The molecule has 0 aromatic heterocycles. The highest BCUT2D eigenvalue weighted by Gasteiger charge is 2.24. The molecule has 0 bridgehead atoms. The maximum atomic E-state index is 12.7. The van der Waals surface area contributed by atoms with Crippen LogP contribution in [0.2, 0.25) is 0 Å². The van der Waals surface area contributed by atoms with Crippen molar-refractivity contribution in [1.29, 1.82) is 0 Å². The summed E-state index contributed by atoms with van der Waals surface area (Å²) in [5, 5.41) is 5.42. The molecule has 10 heteroatoms. The number of nitrogens with one attached hydrogen (secondary N) is 3. The Hall–Kier alpha value is -2.95. The van der Waals surface area contributed by atoms with Crippen LogP contribution >= 0.6 is 0 Å². The van der Waals surface area contributed by atoms with Gasteiger partial charge >= 0.3 is 0 Å². The standard InChI is InChI=1S/C21H23N3O6S/c1-13-20(25)24-18-11-15(7-8-19(18)30-13)23-21(26)14-4-2-6-17(10-14)31(27,28)22-12-16-5-3-9-29-16/h2,4,6-8,10-11,13,16,22H,3,5,9,12H2,1H3,(H,23,26)(H,24,25)/t13-,16-/m1/s1. The van der Waals surface area contributed by atoms with E-state index in [4.69, 9.17) is 9.47 Å².